The highest BCUT2D eigenvalue weighted by molar-refractivity contribution is 9.10. The van der Waals surface area contributed by atoms with Crippen molar-refractivity contribution < 1.29 is 0 Å². The van der Waals surface area contributed by atoms with E-state index in [1.165, 1.54) is 54.5 Å². The lowest BCUT2D eigenvalue weighted by atomic mass is 9.92. The first-order chi connectivity index (χ1) is 8.74. The fourth-order valence-electron chi connectivity index (χ4n) is 2.76. The normalized spacial score (nSPS) is 17.2. The molecule has 1 fully saturated rings. The zero-order valence-corrected chi connectivity index (χ0v) is 14.1. The van der Waals surface area contributed by atoms with Crippen molar-refractivity contribution in [3.05, 3.63) is 28.2 Å². The molecule has 0 saturated carbocycles. The highest BCUT2D eigenvalue weighted by Gasteiger charge is 2.19. The molecule has 0 bridgehead atoms. The molecule has 100 valence electrons. The average Bonchev–Trinajstić information content (AvgIpc) is 2.40. The zero-order valence-electron chi connectivity index (χ0n) is 11.0. The van der Waals surface area contributed by atoms with Crippen LogP contribution in [0.1, 0.15) is 38.2 Å². The maximum Gasteiger partial charge on any atom is 0.0510 e. The largest absolute Gasteiger partial charge is 0.371 e. The van der Waals surface area contributed by atoms with Crippen LogP contribution in [0.25, 0.3) is 0 Å². The van der Waals surface area contributed by atoms with E-state index in [9.17, 15) is 0 Å². The molecule has 0 amide bonds. The molecule has 1 aliphatic rings. The number of rotatable bonds is 4. The molecule has 3 heteroatoms. The first-order valence-corrected chi connectivity index (χ1v) is 8.75. The third-order valence-electron chi connectivity index (χ3n) is 3.82. The number of alkyl halides is 1. The van der Waals surface area contributed by atoms with E-state index in [-0.39, 0.29) is 0 Å². The third-order valence-corrected chi connectivity index (χ3v) is 5.10. The van der Waals surface area contributed by atoms with E-state index < -0.39 is 0 Å². The van der Waals surface area contributed by atoms with Crippen LogP contribution in [-0.2, 0) is 5.33 Å². The Kier molecular flexibility index (Phi) is 5.56. The average molecular weight is 375 g/mol. The summed E-state index contributed by atoms with van der Waals surface area (Å²) in [4.78, 5) is 2.52. The van der Waals surface area contributed by atoms with Crippen LogP contribution in [0.5, 0.6) is 0 Å². The van der Waals surface area contributed by atoms with E-state index in [1.54, 1.807) is 0 Å². The van der Waals surface area contributed by atoms with Gasteiger partial charge in [0.05, 0.1) is 5.69 Å². The molecule has 1 aromatic carbocycles. The Labute approximate surface area is 127 Å². The summed E-state index contributed by atoms with van der Waals surface area (Å²) in [6.45, 7) is 4.70. The highest BCUT2D eigenvalue weighted by atomic mass is 79.9. The van der Waals surface area contributed by atoms with Crippen LogP contribution >= 0.6 is 31.9 Å². The van der Waals surface area contributed by atoms with Gasteiger partial charge in [0, 0.05) is 22.9 Å². The van der Waals surface area contributed by atoms with Crippen molar-refractivity contribution in [2.45, 2.75) is 37.9 Å². The third kappa shape index (κ3) is 3.51. The van der Waals surface area contributed by atoms with Crippen molar-refractivity contribution in [3.8, 4) is 0 Å². The lowest BCUT2D eigenvalue weighted by Gasteiger charge is -2.34. The van der Waals surface area contributed by atoms with Crippen LogP contribution < -0.4 is 4.90 Å². The summed E-state index contributed by atoms with van der Waals surface area (Å²) in [6.07, 6.45) is 5.42. The van der Waals surface area contributed by atoms with E-state index in [2.05, 4.69) is 61.9 Å². The minimum atomic E-state index is 0.921. The van der Waals surface area contributed by atoms with Crippen molar-refractivity contribution in [1.29, 1.82) is 0 Å². The number of hydrogen-bond donors (Lipinski definition) is 0. The standard InChI is InChI=1S/C15H21Br2N/c1-2-3-12-6-8-18(9-7-12)15-5-4-13(11-16)10-14(15)17/h4-5,10,12H,2-3,6-9,11H2,1H3. The van der Waals surface area contributed by atoms with Gasteiger partial charge in [0.15, 0.2) is 0 Å². The molecule has 0 atom stereocenters. The second-order valence-electron chi connectivity index (χ2n) is 5.14. The van der Waals surface area contributed by atoms with Crippen LogP contribution in [0, 0.1) is 5.92 Å². The summed E-state index contributed by atoms with van der Waals surface area (Å²) in [7, 11) is 0. The topological polar surface area (TPSA) is 3.24 Å². The predicted octanol–water partition coefficient (Wildman–Crippen LogP) is 5.36. The Morgan fingerprint density at radius 3 is 2.56 bits per heavy atom. The van der Waals surface area contributed by atoms with Crippen LogP contribution in [-0.4, -0.2) is 13.1 Å². The summed E-state index contributed by atoms with van der Waals surface area (Å²) in [6, 6.07) is 6.69. The predicted molar refractivity (Wildman–Crippen MR) is 86.6 cm³/mol. The number of anilines is 1. The smallest absolute Gasteiger partial charge is 0.0510 e. The summed E-state index contributed by atoms with van der Waals surface area (Å²) in [5, 5.41) is 0.921. The second kappa shape index (κ2) is 6.95. The zero-order chi connectivity index (χ0) is 13.0. The lowest BCUT2D eigenvalue weighted by Crippen LogP contribution is -2.33. The Hall–Kier alpha value is -0.0200. The minimum Gasteiger partial charge on any atom is -0.371 e. The summed E-state index contributed by atoms with van der Waals surface area (Å²) in [5.74, 6) is 0.951. The highest BCUT2D eigenvalue weighted by Crippen LogP contribution is 2.32. The summed E-state index contributed by atoms with van der Waals surface area (Å²) >= 11 is 7.21. The van der Waals surface area contributed by atoms with E-state index in [0.717, 1.165) is 11.2 Å². The molecule has 0 radical (unpaired) electrons. The van der Waals surface area contributed by atoms with E-state index in [0.29, 0.717) is 0 Å². The molecule has 0 unspecified atom stereocenters. The second-order valence-corrected chi connectivity index (χ2v) is 6.55. The van der Waals surface area contributed by atoms with Gasteiger partial charge in [-0.25, -0.2) is 0 Å². The number of benzene rings is 1. The molecular weight excluding hydrogens is 354 g/mol. The number of nitrogens with zero attached hydrogens (tertiary/aromatic N) is 1. The van der Waals surface area contributed by atoms with E-state index in [4.69, 9.17) is 0 Å². The van der Waals surface area contributed by atoms with Gasteiger partial charge < -0.3 is 4.90 Å². The van der Waals surface area contributed by atoms with Crippen LogP contribution in [0.4, 0.5) is 5.69 Å². The molecule has 2 rings (SSSR count). The van der Waals surface area contributed by atoms with Crippen molar-refractivity contribution >= 4 is 37.5 Å². The molecule has 0 aromatic heterocycles. The van der Waals surface area contributed by atoms with Gasteiger partial charge in [-0.1, -0.05) is 41.8 Å². The number of piperidine rings is 1. The Morgan fingerprint density at radius 1 is 1.28 bits per heavy atom. The Bertz CT molecular complexity index is 384. The van der Waals surface area contributed by atoms with Crippen LogP contribution in [0.15, 0.2) is 22.7 Å². The fourth-order valence-corrected chi connectivity index (χ4v) is 3.79. The molecule has 0 spiro atoms. The van der Waals surface area contributed by atoms with Gasteiger partial charge in [-0.05, 0) is 52.4 Å². The summed E-state index contributed by atoms with van der Waals surface area (Å²) < 4.78 is 1.23. The quantitative estimate of drug-likeness (QED) is 0.641. The Balaban J connectivity index is 2.01. The molecule has 0 N–H and O–H groups in total. The van der Waals surface area contributed by atoms with Gasteiger partial charge in [-0.3, -0.25) is 0 Å². The van der Waals surface area contributed by atoms with Crippen molar-refractivity contribution in [2.75, 3.05) is 18.0 Å². The van der Waals surface area contributed by atoms with Gasteiger partial charge in [-0.2, -0.15) is 0 Å². The molecule has 1 aliphatic heterocycles. The molecule has 1 saturated heterocycles. The van der Waals surface area contributed by atoms with E-state index >= 15 is 0 Å². The molecule has 1 aromatic rings. The van der Waals surface area contributed by atoms with Gasteiger partial charge in [0.2, 0.25) is 0 Å². The van der Waals surface area contributed by atoms with Gasteiger partial charge in [0.1, 0.15) is 0 Å². The molecule has 1 nitrogen and oxygen atoms in total. The first-order valence-electron chi connectivity index (χ1n) is 6.84. The van der Waals surface area contributed by atoms with Gasteiger partial charge >= 0.3 is 0 Å². The maximum atomic E-state index is 3.71. The minimum absolute atomic E-state index is 0.921. The lowest BCUT2D eigenvalue weighted by molar-refractivity contribution is 0.378. The van der Waals surface area contributed by atoms with Gasteiger partial charge in [0.25, 0.3) is 0 Å². The van der Waals surface area contributed by atoms with Crippen LogP contribution in [0.2, 0.25) is 0 Å². The van der Waals surface area contributed by atoms with Crippen molar-refractivity contribution in [2.24, 2.45) is 5.92 Å². The Morgan fingerprint density at radius 2 is 2.00 bits per heavy atom. The summed E-state index contributed by atoms with van der Waals surface area (Å²) in [5.41, 5.74) is 2.68. The van der Waals surface area contributed by atoms with Gasteiger partial charge in [-0.15, -0.1) is 0 Å². The number of halogens is 2. The molecular formula is C15H21Br2N. The van der Waals surface area contributed by atoms with Crippen LogP contribution in [0.3, 0.4) is 0 Å². The number of hydrogen-bond acceptors (Lipinski definition) is 1. The monoisotopic (exact) mass is 373 g/mol. The first kappa shape index (κ1) is 14.4. The SMILES string of the molecule is CCCC1CCN(c2ccc(CBr)cc2Br)CC1. The molecule has 0 aliphatic carbocycles. The fraction of sp³-hybridized carbons (Fsp3) is 0.600. The maximum absolute atomic E-state index is 3.71. The molecule has 18 heavy (non-hydrogen) atoms. The van der Waals surface area contributed by atoms with Crippen molar-refractivity contribution in [1.82, 2.24) is 0 Å². The van der Waals surface area contributed by atoms with Crippen molar-refractivity contribution in [3.63, 3.8) is 0 Å². The molecule has 1 heterocycles. The van der Waals surface area contributed by atoms with E-state index in [1.807, 2.05) is 0 Å².